The molecule has 0 bridgehead atoms. The first-order valence-electron chi connectivity index (χ1n) is 4.11. The van der Waals surface area contributed by atoms with E-state index in [4.69, 9.17) is 5.73 Å². The van der Waals surface area contributed by atoms with Crippen molar-refractivity contribution < 1.29 is 9.53 Å². The summed E-state index contributed by atoms with van der Waals surface area (Å²) in [6, 6.07) is 1.85. The highest BCUT2D eigenvalue weighted by atomic mass is 16.5. The molecule has 0 aliphatic rings. The van der Waals surface area contributed by atoms with Crippen molar-refractivity contribution in [2.45, 2.75) is 6.92 Å². The lowest BCUT2D eigenvalue weighted by Crippen LogP contribution is -1.96. The highest BCUT2D eigenvalue weighted by molar-refractivity contribution is 5.87. The number of carbonyl (C=O) groups excluding carboxylic acids is 1. The number of aryl methyl sites for hydroxylation is 1. The number of anilines is 1. The Bertz CT molecular complexity index is 372. The molecule has 0 amide bonds. The lowest BCUT2D eigenvalue weighted by atomic mass is 10.2. The Morgan fingerprint density at radius 3 is 3.00 bits per heavy atom. The molecule has 0 radical (unpaired) electrons. The molecule has 0 spiro atoms. The van der Waals surface area contributed by atoms with Crippen molar-refractivity contribution in [1.29, 1.82) is 0 Å². The van der Waals surface area contributed by atoms with E-state index in [9.17, 15) is 4.79 Å². The predicted molar refractivity (Wildman–Crippen MR) is 54.4 cm³/mol. The van der Waals surface area contributed by atoms with Gasteiger partial charge in [0, 0.05) is 17.8 Å². The monoisotopic (exact) mass is 192 g/mol. The van der Waals surface area contributed by atoms with Crippen molar-refractivity contribution in [2.24, 2.45) is 0 Å². The second-order valence-electron chi connectivity index (χ2n) is 2.84. The summed E-state index contributed by atoms with van der Waals surface area (Å²) < 4.78 is 4.46. The third kappa shape index (κ3) is 2.58. The van der Waals surface area contributed by atoms with E-state index in [0.717, 1.165) is 11.1 Å². The Morgan fingerprint density at radius 1 is 1.64 bits per heavy atom. The molecule has 0 saturated heterocycles. The van der Waals surface area contributed by atoms with Gasteiger partial charge in [-0.3, -0.25) is 0 Å². The van der Waals surface area contributed by atoms with E-state index in [2.05, 4.69) is 9.72 Å². The van der Waals surface area contributed by atoms with Crippen LogP contribution in [0.15, 0.2) is 18.3 Å². The van der Waals surface area contributed by atoms with Gasteiger partial charge in [0.05, 0.1) is 7.11 Å². The number of esters is 1. The maximum absolute atomic E-state index is 10.8. The minimum absolute atomic E-state index is 0.399. The van der Waals surface area contributed by atoms with Crippen molar-refractivity contribution in [1.82, 2.24) is 4.98 Å². The maximum atomic E-state index is 10.8. The van der Waals surface area contributed by atoms with Crippen LogP contribution in [0.5, 0.6) is 0 Å². The summed E-state index contributed by atoms with van der Waals surface area (Å²) in [5.74, 6) is -0.0124. The molecular weight excluding hydrogens is 180 g/mol. The second kappa shape index (κ2) is 4.41. The van der Waals surface area contributed by atoms with Crippen molar-refractivity contribution in [3.63, 3.8) is 0 Å². The summed E-state index contributed by atoms with van der Waals surface area (Å²) in [7, 11) is 1.32. The fraction of sp³-hybridized carbons (Fsp3) is 0.200. The molecule has 4 nitrogen and oxygen atoms in total. The van der Waals surface area contributed by atoms with Crippen LogP contribution >= 0.6 is 0 Å². The lowest BCUT2D eigenvalue weighted by molar-refractivity contribution is -0.134. The minimum Gasteiger partial charge on any atom is -0.466 e. The number of aromatic nitrogens is 1. The maximum Gasteiger partial charge on any atom is 0.330 e. The summed E-state index contributed by atoms with van der Waals surface area (Å²) in [5.41, 5.74) is 7.31. The fourth-order valence-electron chi connectivity index (χ4n) is 0.962. The van der Waals surface area contributed by atoms with Crippen molar-refractivity contribution in [3.05, 3.63) is 29.5 Å². The van der Waals surface area contributed by atoms with Crippen LogP contribution in [-0.2, 0) is 9.53 Å². The van der Waals surface area contributed by atoms with Gasteiger partial charge in [0.15, 0.2) is 0 Å². The fourth-order valence-corrected chi connectivity index (χ4v) is 0.962. The van der Waals surface area contributed by atoms with E-state index >= 15 is 0 Å². The van der Waals surface area contributed by atoms with Gasteiger partial charge in [-0.1, -0.05) is 0 Å². The number of methoxy groups -OCH3 is 1. The normalized spacial score (nSPS) is 10.4. The van der Waals surface area contributed by atoms with Crippen LogP contribution in [0.2, 0.25) is 0 Å². The first-order chi connectivity index (χ1) is 6.63. The number of carbonyl (C=O) groups is 1. The van der Waals surface area contributed by atoms with E-state index in [1.54, 1.807) is 12.3 Å². The van der Waals surface area contributed by atoms with E-state index in [1.165, 1.54) is 13.2 Å². The number of pyridine rings is 1. The highest BCUT2D eigenvalue weighted by Crippen LogP contribution is 2.11. The average molecular weight is 192 g/mol. The minimum atomic E-state index is -0.411. The standard InChI is InChI=1S/C10H12N2O2/c1-7-5-8(10(11)12-6-7)3-4-9(13)14-2/h3-6H,1-2H3,(H2,11,12)/b4-3+. The number of hydrogen-bond acceptors (Lipinski definition) is 4. The molecule has 0 aliphatic carbocycles. The smallest absolute Gasteiger partial charge is 0.330 e. The molecule has 0 aliphatic heterocycles. The molecule has 74 valence electrons. The van der Waals surface area contributed by atoms with Gasteiger partial charge in [0.2, 0.25) is 0 Å². The Hall–Kier alpha value is -1.84. The van der Waals surface area contributed by atoms with Gasteiger partial charge >= 0.3 is 5.97 Å². The van der Waals surface area contributed by atoms with Gasteiger partial charge in [-0.25, -0.2) is 9.78 Å². The molecule has 1 heterocycles. The van der Waals surface area contributed by atoms with Gasteiger partial charge in [-0.15, -0.1) is 0 Å². The van der Waals surface area contributed by atoms with Gasteiger partial charge in [-0.05, 0) is 24.6 Å². The van der Waals surface area contributed by atoms with Gasteiger partial charge in [0.1, 0.15) is 5.82 Å². The second-order valence-corrected chi connectivity index (χ2v) is 2.84. The largest absolute Gasteiger partial charge is 0.466 e. The summed E-state index contributed by atoms with van der Waals surface area (Å²) in [5, 5.41) is 0. The van der Waals surface area contributed by atoms with Gasteiger partial charge in [0.25, 0.3) is 0 Å². The van der Waals surface area contributed by atoms with Gasteiger partial charge in [-0.2, -0.15) is 0 Å². The number of nitrogen functional groups attached to an aromatic ring is 1. The lowest BCUT2D eigenvalue weighted by Gasteiger charge is -1.99. The van der Waals surface area contributed by atoms with Crippen LogP contribution in [0.3, 0.4) is 0 Å². The Morgan fingerprint density at radius 2 is 2.36 bits per heavy atom. The third-order valence-electron chi connectivity index (χ3n) is 1.69. The summed E-state index contributed by atoms with van der Waals surface area (Å²) in [6.45, 7) is 1.90. The molecule has 1 rings (SSSR count). The summed E-state index contributed by atoms with van der Waals surface area (Å²) in [6.07, 6.45) is 4.57. The Balaban J connectivity index is 2.90. The molecule has 14 heavy (non-hydrogen) atoms. The molecule has 4 heteroatoms. The topological polar surface area (TPSA) is 65.2 Å². The van der Waals surface area contributed by atoms with Crippen molar-refractivity contribution >= 4 is 17.9 Å². The summed E-state index contributed by atoms with van der Waals surface area (Å²) >= 11 is 0. The number of hydrogen-bond donors (Lipinski definition) is 1. The van der Waals surface area contributed by atoms with Crippen LogP contribution in [-0.4, -0.2) is 18.1 Å². The average Bonchev–Trinajstić information content (AvgIpc) is 2.19. The Labute approximate surface area is 82.4 Å². The summed E-state index contributed by atoms with van der Waals surface area (Å²) in [4.78, 5) is 14.8. The zero-order chi connectivity index (χ0) is 10.6. The first kappa shape index (κ1) is 10.2. The predicted octanol–water partition coefficient (Wildman–Crippen LogP) is 1.16. The van der Waals surface area contributed by atoms with Crippen LogP contribution < -0.4 is 5.73 Å². The molecule has 2 N–H and O–H groups in total. The molecule has 0 saturated carbocycles. The Kier molecular flexibility index (Phi) is 3.23. The molecule has 0 atom stereocenters. The van der Waals surface area contributed by atoms with Crippen LogP contribution in [0, 0.1) is 6.92 Å². The van der Waals surface area contributed by atoms with E-state index in [0.29, 0.717) is 5.82 Å². The molecule has 0 fully saturated rings. The van der Waals surface area contributed by atoms with Crippen LogP contribution in [0.25, 0.3) is 6.08 Å². The molecule has 1 aromatic rings. The van der Waals surface area contributed by atoms with E-state index < -0.39 is 5.97 Å². The van der Waals surface area contributed by atoms with Crippen LogP contribution in [0.1, 0.15) is 11.1 Å². The third-order valence-corrected chi connectivity index (χ3v) is 1.69. The quantitative estimate of drug-likeness (QED) is 0.564. The number of nitrogens with zero attached hydrogens (tertiary/aromatic N) is 1. The number of ether oxygens (including phenoxy) is 1. The molecule has 1 aromatic heterocycles. The highest BCUT2D eigenvalue weighted by Gasteiger charge is 1.98. The first-order valence-corrected chi connectivity index (χ1v) is 4.11. The van der Waals surface area contributed by atoms with Gasteiger partial charge < -0.3 is 10.5 Å². The van der Waals surface area contributed by atoms with E-state index in [-0.39, 0.29) is 0 Å². The number of nitrogens with two attached hydrogens (primary N) is 1. The number of rotatable bonds is 2. The molecule has 0 aromatic carbocycles. The van der Waals surface area contributed by atoms with Crippen molar-refractivity contribution in [3.8, 4) is 0 Å². The van der Waals surface area contributed by atoms with Crippen molar-refractivity contribution in [2.75, 3.05) is 12.8 Å². The molecule has 0 unspecified atom stereocenters. The zero-order valence-corrected chi connectivity index (χ0v) is 8.15. The molecular formula is C10H12N2O2. The van der Waals surface area contributed by atoms with E-state index in [1.807, 2.05) is 13.0 Å². The SMILES string of the molecule is COC(=O)/C=C/c1cc(C)cnc1N. The van der Waals surface area contributed by atoms with Crippen LogP contribution in [0.4, 0.5) is 5.82 Å². The zero-order valence-electron chi connectivity index (χ0n) is 8.15.